The molecule has 3 atom stereocenters. The molecule has 0 aromatic heterocycles. The molecule has 0 amide bonds. The third kappa shape index (κ3) is 11.3. The minimum absolute atomic E-state index is 0.0408. The van der Waals surface area contributed by atoms with Crippen LogP contribution in [0.4, 0.5) is 0 Å². The molecule has 3 heteroatoms. The first-order chi connectivity index (χ1) is 13.7. The summed E-state index contributed by atoms with van der Waals surface area (Å²) in [6.45, 7) is 4.90. The van der Waals surface area contributed by atoms with Crippen LogP contribution in [0.3, 0.4) is 0 Å². The van der Waals surface area contributed by atoms with Crippen LogP contribution in [0.15, 0.2) is 24.3 Å². The Morgan fingerprint density at radius 2 is 1.82 bits per heavy atom. The molecule has 0 fully saturated rings. The molecular weight excluding hydrogens is 346 g/mol. The maximum Gasteiger partial charge on any atom is 0.305 e. The molecule has 0 spiro atoms. The predicted octanol–water partition coefficient (Wildman–Crippen LogP) is 7.14. The van der Waals surface area contributed by atoms with E-state index in [9.17, 15) is 10.1 Å². The van der Waals surface area contributed by atoms with E-state index < -0.39 is 0 Å². The van der Waals surface area contributed by atoms with E-state index in [2.05, 4.69) is 44.2 Å². The summed E-state index contributed by atoms with van der Waals surface area (Å²) in [4.78, 5) is 11.5. The van der Waals surface area contributed by atoms with Gasteiger partial charge in [-0.3, -0.25) is 4.79 Å². The Morgan fingerprint density at radius 1 is 1.07 bits per heavy atom. The van der Waals surface area contributed by atoms with Gasteiger partial charge in [-0.1, -0.05) is 76.7 Å². The van der Waals surface area contributed by atoms with Crippen molar-refractivity contribution in [2.45, 2.75) is 97.3 Å². The molecule has 0 aliphatic heterocycles. The summed E-state index contributed by atoms with van der Waals surface area (Å²) in [5.41, 5.74) is 0. The lowest BCUT2D eigenvalue weighted by atomic mass is 9.78. The molecule has 0 unspecified atom stereocenters. The molecule has 0 aromatic rings. The van der Waals surface area contributed by atoms with Crippen molar-refractivity contribution >= 4 is 5.97 Å². The SMILES string of the molecule is CCCCOC(=O)CCCCCCC/C=C\[C@@H]1C=C[C@@H](CCCC)C[C@@H]1C#N. The van der Waals surface area contributed by atoms with Crippen LogP contribution >= 0.6 is 0 Å². The standard InChI is InChI=1S/C25H41NO2/c1-3-5-14-22-17-18-23(24(20-22)21-26)15-12-10-8-7-9-11-13-16-25(27)28-19-6-4-2/h12,15,17-18,22-24H,3-11,13-14,16,19-20H2,1-2H3/b15-12-/t22-,23-,24-/m1/s1. The van der Waals surface area contributed by atoms with Gasteiger partial charge < -0.3 is 4.74 Å². The van der Waals surface area contributed by atoms with E-state index in [1.807, 2.05) is 0 Å². The predicted molar refractivity (Wildman–Crippen MR) is 117 cm³/mol. The van der Waals surface area contributed by atoms with Crippen molar-refractivity contribution in [3.8, 4) is 6.07 Å². The van der Waals surface area contributed by atoms with Crippen LogP contribution in [0, 0.1) is 29.1 Å². The van der Waals surface area contributed by atoms with Crippen molar-refractivity contribution in [2.24, 2.45) is 17.8 Å². The molecule has 3 nitrogen and oxygen atoms in total. The zero-order valence-corrected chi connectivity index (χ0v) is 18.2. The second-order valence-corrected chi connectivity index (χ2v) is 8.14. The summed E-state index contributed by atoms with van der Waals surface area (Å²) in [6.07, 6.45) is 23.1. The van der Waals surface area contributed by atoms with E-state index >= 15 is 0 Å². The highest BCUT2D eigenvalue weighted by Crippen LogP contribution is 2.31. The summed E-state index contributed by atoms with van der Waals surface area (Å²) < 4.78 is 5.17. The number of carbonyl (C=O) groups excluding carboxylic acids is 1. The van der Waals surface area contributed by atoms with Gasteiger partial charge in [0, 0.05) is 12.3 Å². The smallest absolute Gasteiger partial charge is 0.305 e. The molecule has 0 N–H and O–H groups in total. The Kier molecular flexibility index (Phi) is 14.3. The summed E-state index contributed by atoms with van der Waals surface area (Å²) in [6, 6.07) is 2.52. The van der Waals surface area contributed by atoms with E-state index in [0.29, 0.717) is 24.9 Å². The maximum atomic E-state index is 11.5. The molecule has 1 aliphatic rings. The Hall–Kier alpha value is -1.56. The van der Waals surface area contributed by atoms with Crippen molar-refractivity contribution in [3.63, 3.8) is 0 Å². The van der Waals surface area contributed by atoms with Gasteiger partial charge in [-0.05, 0) is 44.4 Å². The molecular formula is C25H41NO2. The Morgan fingerprint density at radius 3 is 2.57 bits per heavy atom. The van der Waals surface area contributed by atoms with Gasteiger partial charge in [0.15, 0.2) is 0 Å². The van der Waals surface area contributed by atoms with E-state index in [1.54, 1.807) is 0 Å². The first-order valence-electron chi connectivity index (χ1n) is 11.6. The van der Waals surface area contributed by atoms with Crippen molar-refractivity contribution in [1.82, 2.24) is 0 Å². The first kappa shape index (κ1) is 24.5. The molecule has 0 saturated carbocycles. The van der Waals surface area contributed by atoms with Crippen LogP contribution < -0.4 is 0 Å². The van der Waals surface area contributed by atoms with Crippen LogP contribution in [0.2, 0.25) is 0 Å². The average Bonchev–Trinajstić information content (AvgIpc) is 2.71. The van der Waals surface area contributed by atoms with Crippen molar-refractivity contribution in [3.05, 3.63) is 24.3 Å². The van der Waals surface area contributed by atoms with Crippen LogP contribution in [0.5, 0.6) is 0 Å². The van der Waals surface area contributed by atoms with Gasteiger partial charge >= 0.3 is 5.97 Å². The van der Waals surface area contributed by atoms with Gasteiger partial charge in [-0.25, -0.2) is 0 Å². The first-order valence-corrected chi connectivity index (χ1v) is 11.6. The fourth-order valence-corrected chi connectivity index (χ4v) is 3.72. The lowest BCUT2D eigenvalue weighted by Crippen LogP contribution is -2.18. The van der Waals surface area contributed by atoms with Gasteiger partial charge in [0.1, 0.15) is 0 Å². The van der Waals surface area contributed by atoms with Gasteiger partial charge in [0.25, 0.3) is 0 Å². The van der Waals surface area contributed by atoms with Gasteiger partial charge in [-0.2, -0.15) is 5.26 Å². The van der Waals surface area contributed by atoms with Crippen molar-refractivity contribution in [1.29, 1.82) is 5.26 Å². The summed E-state index contributed by atoms with van der Waals surface area (Å²) in [5, 5.41) is 9.48. The van der Waals surface area contributed by atoms with Crippen LogP contribution in [-0.2, 0) is 9.53 Å². The number of unbranched alkanes of at least 4 members (excludes halogenated alkanes) is 7. The second-order valence-electron chi connectivity index (χ2n) is 8.14. The van der Waals surface area contributed by atoms with Gasteiger partial charge in [0.05, 0.1) is 18.6 Å². The second kappa shape index (κ2) is 16.4. The van der Waals surface area contributed by atoms with Gasteiger partial charge in [-0.15, -0.1) is 0 Å². The number of nitriles is 1. The Balaban J connectivity index is 2.08. The van der Waals surface area contributed by atoms with E-state index in [4.69, 9.17) is 4.74 Å². The monoisotopic (exact) mass is 387 g/mol. The maximum absolute atomic E-state index is 11.5. The molecule has 1 rings (SSSR count). The fraction of sp³-hybridized carbons (Fsp3) is 0.760. The quantitative estimate of drug-likeness (QED) is 0.170. The number of esters is 1. The Labute approximate surface area is 173 Å². The van der Waals surface area contributed by atoms with Gasteiger partial charge in [0.2, 0.25) is 0 Å². The minimum Gasteiger partial charge on any atom is -0.466 e. The normalized spacial score (nSPS) is 21.7. The zero-order valence-electron chi connectivity index (χ0n) is 18.2. The molecule has 28 heavy (non-hydrogen) atoms. The fourth-order valence-electron chi connectivity index (χ4n) is 3.72. The number of nitrogens with zero attached hydrogens (tertiary/aromatic N) is 1. The van der Waals surface area contributed by atoms with E-state index in [1.165, 1.54) is 38.5 Å². The van der Waals surface area contributed by atoms with E-state index in [-0.39, 0.29) is 11.9 Å². The molecule has 1 aliphatic carbocycles. The van der Waals surface area contributed by atoms with Crippen LogP contribution in [0.25, 0.3) is 0 Å². The van der Waals surface area contributed by atoms with Crippen molar-refractivity contribution < 1.29 is 9.53 Å². The number of rotatable bonds is 15. The highest BCUT2D eigenvalue weighted by molar-refractivity contribution is 5.69. The molecule has 0 bridgehead atoms. The third-order valence-corrected chi connectivity index (χ3v) is 5.59. The summed E-state index contributed by atoms with van der Waals surface area (Å²) >= 11 is 0. The Bertz CT molecular complexity index is 503. The third-order valence-electron chi connectivity index (χ3n) is 5.59. The lowest BCUT2D eigenvalue weighted by molar-refractivity contribution is -0.143. The summed E-state index contributed by atoms with van der Waals surface area (Å²) in [5.74, 6) is 0.987. The number of allylic oxidation sites excluding steroid dienone is 4. The topological polar surface area (TPSA) is 50.1 Å². The highest BCUT2D eigenvalue weighted by atomic mass is 16.5. The van der Waals surface area contributed by atoms with Crippen LogP contribution in [0.1, 0.15) is 97.3 Å². The molecule has 0 heterocycles. The molecule has 0 aromatic carbocycles. The number of ether oxygens (including phenoxy) is 1. The number of hydrogen-bond donors (Lipinski definition) is 0. The lowest BCUT2D eigenvalue weighted by Gasteiger charge is -2.25. The van der Waals surface area contributed by atoms with Crippen LogP contribution in [-0.4, -0.2) is 12.6 Å². The molecule has 0 radical (unpaired) electrons. The highest BCUT2D eigenvalue weighted by Gasteiger charge is 2.24. The van der Waals surface area contributed by atoms with Crippen molar-refractivity contribution in [2.75, 3.05) is 6.61 Å². The summed E-state index contributed by atoms with van der Waals surface area (Å²) in [7, 11) is 0. The number of carbonyl (C=O) groups is 1. The number of hydrogen-bond acceptors (Lipinski definition) is 3. The minimum atomic E-state index is -0.0408. The average molecular weight is 388 g/mol. The molecule has 158 valence electrons. The zero-order chi connectivity index (χ0) is 20.5. The molecule has 0 saturated heterocycles. The largest absolute Gasteiger partial charge is 0.466 e. The van der Waals surface area contributed by atoms with E-state index in [0.717, 1.165) is 38.5 Å².